The molecule has 0 bridgehead atoms. The van der Waals surface area contributed by atoms with E-state index < -0.39 is 0 Å². The minimum Gasteiger partial charge on any atom is -0.398 e. The predicted molar refractivity (Wildman–Crippen MR) is 71.8 cm³/mol. The number of carbonyl (C=O) groups is 1. The van der Waals surface area contributed by atoms with Gasteiger partial charge in [0, 0.05) is 18.8 Å². The summed E-state index contributed by atoms with van der Waals surface area (Å²) in [5.74, 6) is -0.226. The molecule has 0 aliphatic carbocycles. The van der Waals surface area contributed by atoms with Crippen LogP contribution in [0.25, 0.3) is 0 Å². The molecule has 18 heavy (non-hydrogen) atoms. The molecule has 0 radical (unpaired) electrons. The minimum atomic E-state index is -0.226. The van der Waals surface area contributed by atoms with E-state index in [2.05, 4.69) is 5.32 Å². The molecule has 3 N–H and O–H groups in total. The standard InChI is InChI=1S/C13H17ClN2O2/c14-10-4-1-5-11(15)12(10)13(17)16-7-6-9-3-2-8-18-9/h1,4-5,9H,2-3,6-8,15H2,(H,16,17). The molecule has 1 unspecified atom stereocenters. The first-order valence-electron chi connectivity index (χ1n) is 6.12. The number of hydrogen-bond donors (Lipinski definition) is 2. The van der Waals surface area contributed by atoms with Crippen LogP contribution in [-0.2, 0) is 4.74 Å². The largest absolute Gasteiger partial charge is 0.398 e. The number of anilines is 1. The lowest BCUT2D eigenvalue weighted by molar-refractivity contribution is 0.0908. The van der Waals surface area contributed by atoms with Crippen molar-refractivity contribution in [2.75, 3.05) is 18.9 Å². The zero-order valence-corrected chi connectivity index (χ0v) is 10.9. The Kier molecular flexibility index (Phi) is 4.44. The number of carbonyl (C=O) groups excluding carboxylic acids is 1. The molecule has 4 nitrogen and oxygen atoms in total. The molecule has 1 amide bonds. The Labute approximate surface area is 111 Å². The van der Waals surface area contributed by atoms with E-state index in [4.69, 9.17) is 22.1 Å². The third-order valence-electron chi connectivity index (χ3n) is 3.05. The Balaban J connectivity index is 1.87. The van der Waals surface area contributed by atoms with Gasteiger partial charge in [0.2, 0.25) is 0 Å². The molecule has 1 saturated heterocycles. The van der Waals surface area contributed by atoms with Crippen LogP contribution in [0.1, 0.15) is 29.6 Å². The maximum atomic E-state index is 11.9. The summed E-state index contributed by atoms with van der Waals surface area (Å²) in [7, 11) is 0. The molecule has 98 valence electrons. The van der Waals surface area contributed by atoms with Gasteiger partial charge < -0.3 is 15.8 Å². The highest BCUT2D eigenvalue weighted by molar-refractivity contribution is 6.34. The number of nitrogens with two attached hydrogens (primary N) is 1. The topological polar surface area (TPSA) is 64.4 Å². The first-order chi connectivity index (χ1) is 8.68. The summed E-state index contributed by atoms with van der Waals surface area (Å²) in [6, 6.07) is 5.05. The molecule has 2 rings (SSSR count). The van der Waals surface area contributed by atoms with Crippen molar-refractivity contribution < 1.29 is 9.53 Å². The summed E-state index contributed by atoms with van der Waals surface area (Å²) >= 11 is 5.96. The van der Waals surface area contributed by atoms with Gasteiger partial charge >= 0.3 is 0 Å². The molecule has 1 aliphatic heterocycles. The van der Waals surface area contributed by atoms with E-state index in [0.717, 1.165) is 25.9 Å². The number of rotatable bonds is 4. The molecule has 1 aromatic carbocycles. The smallest absolute Gasteiger partial charge is 0.254 e. The lowest BCUT2D eigenvalue weighted by Crippen LogP contribution is -2.28. The molecule has 1 aromatic rings. The number of ether oxygens (including phenoxy) is 1. The fourth-order valence-electron chi connectivity index (χ4n) is 2.09. The number of halogens is 1. The van der Waals surface area contributed by atoms with Crippen LogP contribution in [0.2, 0.25) is 5.02 Å². The van der Waals surface area contributed by atoms with Crippen molar-refractivity contribution in [1.82, 2.24) is 5.32 Å². The Morgan fingerprint density at radius 2 is 2.39 bits per heavy atom. The second kappa shape index (κ2) is 6.07. The van der Waals surface area contributed by atoms with Crippen molar-refractivity contribution in [1.29, 1.82) is 0 Å². The lowest BCUT2D eigenvalue weighted by Gasteiger charge is -2.11. The Hall–Kier alpha value is -1.26. The van der Waals surface area contributed by atoms with Crippen molar-refractivity contribution in [3.05, 3.63) is 28.8 Å². The monoisotopic (exact) mass is 268 g/mol. The van der Waals surface area contributed by atoms with Crippen LogP contribution in [-0.4, -0.2) is 25.2 Å². The summed E-state index contributed by atoms with van der Waals surface area (Å²) in [6.07, 6.45) is 3.28. The number of hydrogen-bond acceptors (Lipinski definition) is 3. The maximum absolute atomic E-state index is 11.9. The van der Waals surface area contributed by atoms with Crippen LogP contribution in [0.15, 0.2) is 18.2 Å². The quantitative estimate of drug-likeness (QED) is 0.823. The summed E-state index contributed by atoms with van der Waals surface area (Å²) in [5, 5.41) is 3.20. The second-order valence-electron chi connectivity index (χ2n) is 4.38. The summed E-state index contributed by atoms with van der Waals surface area (Å²) in [5.41, 5.74) is 6.50. The van der Waals surface area contributed by atoms with E-state index in [1.165, 1.54) is 0 Å². The van der Waals surface area contributed by atoms with Gasteiger partial charge in [-0.15, -0.1) is 0 Å². The number of amides is 1. The first kappa shape index (κ1) is 13.2. The third-order valence-corrected chi connectivity index (χ3v) is 3.36. The number of nitrogen functional groups attached to an aromatic ring is 1. The van der Waals surface area contributed by atoms with Gasteiger partial charge in [-0.2, -0.15) is 0 Å². The zero-order valence-electron chi connectivity index (χ0n) is 10.1. The molecule has 5 heteroatoms. The van der Waals surface area contributed by atoms with Gasteiger partial charge in [-0.05, 0) is 31.4 Å². The normalized spacial score (nSPS) is 18.8. The number of nitrogens with one attached hydrogen (secondary N) is 1. The second-order valence-corrected chi connectivity index (χ2v) is 4.79. The van der Waals surface area contributed by atoms with E-state index in [0.29, 0.717) is 22.8 Å². The van der Waals surface area contributed by atoms with Crippen molar-refractivity contribution in [3.63, 3.8) is 0 Å². The summed E-state index contributed by atoms with van der Waals surface area (Å²) in [4.78, 5) is 11.9. The van der Waals surface area contributed by atoms with Crippen LogP contribution in [0.3, 0.4) is 0 Å². The Morgan fingerprint density at radius 3 is 3.06 bits per heavy atom. The molecule has 0 aromatic heterocycles. The third kappa shape index (κ3) is 3.15. The van der Waals surface area contributed by atoms with Crippen LogP contribution in [0.5, 0.6) is 0 Å². The first-order valence-corrected chi connectivity index (χ1v) is 6.50. The van der Waals surface area contributed by atoms with Crippen LogP contribution >= 0.6 is 11.6 Å². The van der Waals surface area contributed by atoms with Crippen LogP contribution in [0.4, 0.5) is 5.69 Å². The van der Waals surface area contributed by atoms with Crippen molar-refractivity contribution in [3.8, 4) is 0 Å². The molecule has 1 atom stereocenters. The SMILES string of the molecule is Nc1cccc(Cl)c1C(=O)NCCC1CCCO1. The van der Waals surface area contributed by atoms with Crippen LogP contribution < -0.4 is 11.1 Å². The van der Waals surface area contributed by atoms with E-state index >= 15 is 0 Å². The molecular formula is C13H17ClN2O2. The lowest BCUT2D eigenvalue weighted by atomic mass is 10.1. The van der Waals surface area contributed by atoms with E-state index in [1.54, 1.807) is 18.2 Å². The zero-order chi connectivity index (χ0) is 13.0. The van der Waals surface area contributed by atoms with Crippen molar-refractivity contribution >= 4 is 23.2 Å². The fourth-order valence-corrected chi connectivity index (χ4v) is 2.36. The molecule has 0 saturated carbocycles. The van der Waals surface area contributed by atoms with Crippen molar-refractivity contribution in [2.24, 2.45) is 0 Å². The van der Waals surface area contributed by atoms with Gasteiger partial charge in [-0.1, -0.05) is 17.7 Å². The Morgan fingerprint density at radius 1 is 1.56 bits per heavy atom. The van der Waals surface area contributed by atoms with Gasteiger partial charge in [-0.25, -0.2) is 0 Å². The molecule has 0 spiro atoms. The minimum absolute atomic E-state index is 0.226. The van der Waals surface area contributed by atoms with Gasteiger partial charge in [0.25, 0.3) is 5.91 Å². The molecular weight excluding hydrogens is 252 g/mol. The average Bonchev–Trinajstić information content (AvgIpc) is 2.82. The highest BCUT2D eigenvalue weighted by atomic mass is 35.5. The van der Waals surface area contributed by atoms with E-state index in [1.807, 2.05) is 0 Å². The van der Waals surface area contributed by atoms with E-state index in [9.17, 15) is 4.79 Å². The predicted octanol–water partition coefficient (Wildman–Crippen LogP) is 2.22. The molecule has 1 fully saturated rings. The highest BCUT2D eigenvalue weighted by Crippen LogP contribution is 2.21. The average molecular weight is 269 g/mol. The van der Waals surface area contributed by atoms with E-state index in [-0.39, 0.29) is 12.0 Å². The van der Waals surface area contributed by atoms with Gasteiger partial charge in [0.05, 0.1) is 16.7 Å². The maximum Gasteiger partial charge on any atom is 0.254 e. The summed E-state index contributed by atoms with van der Waals surface area (Å²) in [6.45, 7) is 1.41. The number of benzene rings is 1. The highest BCUT2D eigenvalue weighted by Gasteiger charge is 2.17. The van der Waals surface area contributed by atoms with Crippen LogP contribution in [0, 0.1) is 0 Å². The molecule has 1 aliphatic rings. The van der Waals surface area contributed by atoms with Crippen molar-refractivity contribution in [2.45, 2.75) is 25.4 Å². The van der Waals surface area contributed by atoms with Gasteiger partial charge in [0.1, 0.15) is 0 Å². The van der Waals surface area contributed by atoms with Gasteiger partial charge in [0.15, 0.2) is 0 Å². The molecule has 1 heterocycles. The fraction of sp³-hybridized carbons (Fsp3) is 0.462. The van der Waals surface area contributed by atoms with Gasteiger partial charge in [-0.3, -0.25) is 4.79 Å². The summed E-state index contributed by atoms with van der Waals surface area (Å²) < 4.78 is 5.49. The Bertz CT molecular complexity index is 411.